The van der Waals surface area contributed by atoms with Crippen molar-refractivity contribution < 1.29 is 8.85 Å². The van der Waals surface area contributed by atoms with Crippen LogP contribution in [-0.2, 0) is 8.85 Å². The Hall–Kier alpha value is 0.0169. The van der Waals surface area contributed by atoms with Crippen LogP contribution in [0.3, 0.4) is 0 Å². The van der Waals surface area contributed by atoms with Crippen molar-refractivity contribution in [3.63, 3.8) is 0 Å². The van der Waals surface area contributed by atoms with E-state index in [1.165, 1.54) is 32.5 Å². The van der Waals surface area contributed by atoms with Gasteiger partial charge in [-0.3, -0.25) is 4.57 Å². The maximum absolute atomic E-state index is 6.21. The van der Waals surface area contributed by atoms with Crippen molar-refractivity contribution in [2.45, 2.75) is 32.2 Å². The summed E-state index contributed by atoms with van der Waals surface area (Å²) in [4.78, 5) is 2.58. The Balaban J connectivity index is 1.93. The first kappa shape index (κ1) is 16.4. The van der Waals surface area contributed by atoms with E-state index in [9.17, 15) is 0 Å². The predicted octanol–water partition coefficient (Wildman–Crippen LogP) is 0.999. The monoisotopic (exact) mass is 301 g/mol. The molecule has 2 aliphatic heterocycles. The highest BCUT2D eigenvalue weighted by Gasteiger charge is 2.54. The molecule has 0 amide bonds. The fourth-order valence-corrected chi connectivity index (χ4v) is 7.39. The van der Waals surface area contributed by atoms with Gasteiger partial charge in [-0.15, -0.1) is 0 Å². The van der Waals surface area contributed by atoms with E-state index in [0.717, 1.165) is 32.8 Å². The van der Waals surface area contributed by atoms with Crippen LogP contribution in [0, 0.1) is 0 Å². The van der Waals surface area contributed by atoms with Gasteiger partial charge in [0.25, 0.3) is 0 Å². The summed E-state index contributed by atoms with van der Waals surface area (Å²) in [5.74, 6) is 0. The predicted molar refractivity (Wildman–Crippen MR) is 83.9 cm³/mol. The molecule has 1 N–H and O–H groups in total. The lowest BCUT2D eigenvalue weighted by Gasteiger charge is -2.36. The topological polar surface area (TPSA) is 37.0 Å². The summed E-state index contributed by atoms with van der Waals surface area (Å²) in [5.41, 5.74) is 0.613. The molecule has 2 rings (SSSR count). The second kappa shape index (κ2) is 7.86. The number of hydrogen-bond acceptors (Lipinski definition) is 5. The third-order valence-electron chi connectivity index (χ3n) is 4.57. The molecule has 6 heteroatoms. The summed E-state index contributed by atoms with van der Waals surface area (Å²) < 4.78 is 14.8. The Morgan fingerprint density at radius 1 is 1.10 bits per heavy atom. The largest absolute Gasteiger partial charge is 0.430 e. The zero-order valence-electron chi connectivity index (χ0n) is 13.4. The molecule has 5 nitrogen and oxygen atoms in total. The number of nitrogens with one attached hydrogen (secondary N) is 1. The van der Waals surface area contributed by atoms with E-state index < -0.39 is 8.72 Å². The zero-order valence-corrected chi connectivity index (χ0v) is 14.4. The van der Waals surface area contributed by atoms with Crippen LogP contribution in [0.1, 0.15) is 26.7 Å². The average molecular weight is 302 g/mol. The van der Waals surface area contributed by atoms with Crippen molar-refractivity contribution in [2.24, 2.45) is 0 Å². The van der Waals surface area contributed by atoms with Crippen LogP contribution in [-0.4, -0.2) is 77.7 Å². The highest BCUT2D eigenvalue weighted by atomic mass is 28.4. The summed E-state index contributed by atoms with van der Waals surface area (Å²) in [6, 6.07) is 0. The minimum absolute atomic E-state index is 0.613. The summed E-state index contributed by atoms with van der Waals surface area (Å²) >= 11 is 0. The Bertz CT molecular complexity index is 282. The van der Waals surface area contributed by atoms with Gasteiger partial charge < -0.3 is 19.1 Å². The second-order valence-corrected chi connectivity index (χ2v) is 9.20. The minimum atomic E-state index is -2.16. The summed E-state index contributed by atoms with van der Waals surface area (Å²) in [6.45, 7) is 12.6. The van der Waals surface area contributed by atoms with Gasteiger partial charge in [0.05, 0.1) is 0 Å². The Morgan fingerprint density at radius 2 is 1.75 bits per heavy atom. The quantitative estimate of drug-likeness (QED) is 0.710. The molecular formula is C14H31N3O2Si. The van der Waals surface area contributed by atoms with Gasteiger partial charge in [-0.2, -0.15) is 0 Å². The van der Waals surface area contributed by atoms with Gasteiger partial charge in [-0.05, 0) is 46.8 Å². The maximum atomic E-state index is 6.21. The molecule has 2 heterocycles. The van der Waals surface area contributed by atoms with E-state index in [4.69, 9.17) is 8.85 Å². The average Bonchev–Trinajstić information content (AvgIpc) is 2.76. The van der Waals surface area contributed by atoms with Crippen LogP contribution in [0.4, 0.5) is 0 Å². The highest BCUT2D eigenvalue weighted by Crippen LogP contribution is 2.39. The van der Waals surface area contributed by atoms with Gasteiger partial charge in [0.2, 0.25) is 0 Å². The van der Waals surface area contributed by atoms with Crippen LogP contribution < -0.4 is 5.32 Å². The van der Waals surface area contributed by atoms with Crippen LogP contribution in [0.5, 0.6) is 0 Å². The van der Waals surface area contributed by atoms with Crippen LogP contribution in [0.2, 0.25) is 5.54 Å². The first-order valence-electron chi connectivity index (χ1n) is 8.15. The lowest BCUT2D eigenvalue weighted by Crippen LogP contribution is -2.56. The van der Waals surface area contributed by atoms with E-state index in [2.05, 4.69) is 35.7 Å². The molecule has 1 atom stereocenters. The molecule has 0 saturated carbocycles. The zero-order chi connectivity index (χ0) is 14.4. The molecule has 2 saturated heterocycles. The van der Waals surface area contributed by atoms with E-state index in [1.807, 2.05) is 0 Å². The van der Waals surface area contributed by atoms with E-state index in [1.54, 1.807) is 0 Å². The van der Waals surface area contributed by atoms with E-state index in [-0.39, 0.29) is 0 Å². The third kappa shape index (κ3) is 3.61. The number of hydrogen-bond donors (Lipinski definition) is 1. The molecule has 0 bridgehead atoms. The molecular weight excluding hydrogens is 270 g/mol. The molecule has 0 aliphatic carbocycles. The number of nitrogens with zero attached hydrogens (tertiary/aromatic N) is 2. The van der Waals surface area contributed by atoms with E-state index in [0.29, 0.717) is 5.54 Å². The smallest absolute Gasteiger partial charge is 0.383 e. The van der Waals surface area contributed by atoms with Crippen molar-refractivity contribution in [3.05, 3.63) is 0 Å². The molecule has 0 aromatic rings. The molecule has 2 aliphatic rings. The third-order valence-corrected chi connectivity index (χ3v) is 8.87. The second-order valence-electron chi connectivity index (χ2n) is 5.78. The number of piperazine rings is 1. The van der Waals surface area contributed by atoms with Crippen molar-refractivity contribution in [2.75, 3.05) is 59.5 Å². The Morgan fingerprint density at radius 3 is 2.35 bits per heavy atom. The van der Waals surface area contributed by atoms with Gasteiger partial charge >= 0.3 is 8.72 Å². The molecule has 0 aromatic carbocycles. The van der Waals surface area contributed by atoms with Crippen LogP contribution >= 0.6 is 0 Å². The van der Waals surface area contributed by atoms with Crippen LogP contribution in [0.15, 0.2) is 0 Å². The van der Waals surface area contributed by atoms with Gasteiger partial charge in [0, 0.05) is 44.9 Å². The fraction of sp³-hybridized carbons (Fsp3) is 1.00. The lowest BCUT2D eigenvalue weighted by molar-refractivity contribution is 0.134. The van der Waals surface area contributed by atoms with Crippen molar-refractivity contribution in [3.8, 4) is 0 Å². The maximum Gasteiger partial charge on any atom is 0.430 e. The minimum Gasteiger partial charge on any atom is -0.383 e. The van der Waals surface area contributed by atoms with Crippen molar-refractivity contribution in [1.82, 2.24) is 14.8 Å². The van der Waals surface area contributed by atoms with Gasteiger partial charge in [-0.25, -0.2) is 0 Å². The van der Waals surface area contributed by atoms with Crippen LogP contribution in [0.25, 0.3) is 0 Å². The van der Waals surface area contributed by atoms with E-state index >= 15 is 0 Å². The summed E-state index contributed by atoms with van der Waals surface area (Å²) in [6.07, 6.45) is 2.45. The Labute approximate surface area is 124 Å². The lowest BCUT2D eigenvalue weighted by atomic mass is 10.2. The molecule has 2 fully saturated rings. The van der Waals surface area contributed by atoms with Gasteiger partial charge in [0.15, 0.2) is 0 Å². The standard InChI is InChI=1S/C14H31N3O2Si/c1-4-18-20(19-5-2)14(6-10-16(20)3)7-11-17-12-8-15-9-13-17/h14-15H,4-13H2,1-3H3. The number of rotatable bonds is 7. The Kier molecular flexibility index (Phi) is 6.44. The first-order valence-corrected chi connectivity index (χ1v) is 9.99. The van der Waals surface area contributed by atoms with Gasteiger partial charge in [0.1, 0.15) is 0 Å². The molecule has 0 spiro atoms. The van der Waals surface area contributed by atoms with Crippen molar-refractivity contribution >= 4 is 8.72 Å². The normalized spacial score (nSPS) is 28.1. The fourth-order valence-electron chi connectivity index (χ4n) is 3.51. The highest BCUT2D eigenvalue weighted by molar-refractivity contribution is 6.66. The molecule has 1 unspecified atom stereocenters. The molecule has 20 heavy (non-hydrogen) atoms. The van der Waals surface area contributed by atoms with Crippen molar-refractivity contribution in [1.29, 1.82) is 0 Å². The molecule has 118 valence electrons. The summed E-state index contributed by atoms with van der Waals surface area (Å²) in [5, 5.41) is 3.42. The summed E-state index contributed by atoms with van der Waals surface area (Å²) in [7, 11) is 0.0242. The SMILES string of the molecule is CCO[Si]1(OCC)C(CCN2CCNCC2)CCN1C. The molecule has 0 radical (unpaired) electrons. The first-order chi connectivity index (χ1) is 9.73. The molecule has 0 aromatic heterocycles. The van der Waals surface area contributed by atoms with Gasteiger partial charge in [-0.1, -0.05) is 0 Å².